The summed E-state index contributed by atoms with van der Waals surface area (Å²) < 4.78 is 49.1. The molecule has 1 aliphatic heterocycles. The highest BCUT2D eigenvalue weighted by Crippen LogP contribution is 2.33. The summed E-state index contributed by atoms with van der Waals surface area (Å²) in [5, 5.41) is 0. The molecule has 0 aromatic heterocycles. The first-order chi connectivity index (χ1) is 8.48. The molecular formula is C12H14F3NOS. The van der Waals surface area contributed by atoms with E-state index in [0.717, 1.165) is 9.87 Å². The molecule has 0 spiro atoms. The van der Waals surface area contributed by atoms with Gasteiger partial charge in [-0.05, 0) is 24.3 Å². The van der Waals surface area contributed by atoms with E-state index in [1.165, 1.54) is 0 Å². The lowest BCUT2D eigenvalue weighted by atomic mass is 9.90. The predicted octanol–water partition coefficient (Wildman–Crippen LogP) is 3.05. The van der Waals surface area contributed by atoms with E-state index in [0.29, 0.717) is 12.8 Å². The van der Waals surface area contributed by atoms with Crippen LogP contribution in [0.4, 0.5) is 13.2 Å². The fraction of sp³-hybridized carbons (Fsp3) is 0.500. The zero-order valence-corrected chi connectivity index (χ0v) is 10.5. The lowest BCUT2D eigenvalue weighted by Crippen LogP contribution is -2.44. The van der Waals surface area contributed by atoms with Gasteiger partial charge in [0.1, 0.15) is 0 Å². The van der Waals surface area contributed by atoms with E-state index >= 15 is 0 Å². The van der Waals surface area contributed by atoms with Crippen LogP contribution in [-0.4, -0.2) is 27.5 Å². The van der Waals surface area contributed by atoms with Gasteiger partial charge in [0, 0.05) is 13.1 Å². The summed E-state index contributed by atoms with van der Waals surface area (Å²) in [7, 11) is 0. The highest BCUT2D eigenvalue weighted by Gasteiger charge is 2.50. The first-order valence-electron chi connectivity index (χ1n) is 5.77. The largest absolute Gasteiger partial charge is 0.593 e. The van der Waals surface area contributed by atoms with Gasteiger partial charge in [-0.3, -0.25) is 0 Å². The topological polar surface area (TPSA) is 26.3 Å². The van der Waals surface area contributed by atoms with Crippen molar-refractivity contribution in [3.8, 4) is 0 Å². The standard InChI is InChI=1S/C12H14F3NOS/c13-12(14,15)18(17)16-8-6-11(7-9-16)10-4-2-1-3-5-10/h1-5,11H,6-9H2. The highest BCUT2D eigenvalue weighted by atomic mass is 32.2. The number of piperidine rings is 1. The molecule has 1 aromatic rings. The summed E-state index contributed by atoms with van der Waals surface area (Å²) in [5.41, 5.74) is -3.49. The third-order valence-electron chi connectivity index (χ3n) is 3.16. The van der Waals surface area contributed by atoms with Crippen LogP contribution in [-0.2, 0) is 11.4 Å². The van der Waals surface area contributed by atoms with E-state index in [-0.39, 0.29) is 19.0 Å². The van der Waals surface area contributed by atoms with E-state index in [1.807, 2.05) is 30.3 Å². The Hall–Kier alpha value is -0.720. The lowest BCUT2D eigenvalue weighted by molar-refractivity contribution is -0.0493. The van der Waals surface area contributed by atoms with Crippen LogP contribution in [0.25, 0.3) is 0 Å². The summed E-state index contributed by atoms with van der Waals surface area (Å²) >= 11 is -2.86. The number of halogens is 3. The Morgan fingerprint density at radius 3 is 2.17 bits per heavy atom. The molecule has 0 N–H and O–H groups in total. The van der Waals surface area contributed by atoms with Crippen LogP contribution in [0, 0.1) is 0 Å². The maximum absolute atomic E-state index is 12.3. The van der Waals surface area contributed by atoms with Crippen molar-refractivity contribution in [1.82, 2.24) is 4.31 Å². The van der Waals surface area contributed by atoms with Gasteiger partial charge >= 0.3 is 5.51 Å². The Kier molecular flexibility index (Phi) is 4.19. The van der Waals surface area contributed by atoms with E-state index < -0.39 is 16.9 Å². The van der Waals surface area contributed by atoms with E-state index in [4.69, 9.17) is 0 Å². The van der Waals surface area contributed by atoms with Crippen LogP contribution in [0.1, 0.15) is 24.3 Å². The molecule has 18 heavy (non-hydrogen) atoms. The van der Waals surface area contributed by atoms with Crippen LogP contribution >= 0.6 is 0 Å². The van der Waals surface area contributed by atoms with Crippen LogP contribution in [0.15, 0.2) is 30.3 Å². The summed E-state index contributed by atoms with van der Waals surface area (Å²) in [4.78, 5) is 0. The summed E-state index contributed by atoms with van der Waals surface area (Å²) in [6, 6.07) is 9.74. The minimum atomic E-state index is -4.64. The molecule has 0 bridgehead atoms. The minimum absolute atomic E-state index is 0.228. The molecule has 100 valence electrons. The second-order valence-electron chi connectivity index (χ2n) is 4.31. The minimum Gasteiger partial charge on any atom is -0.591 e. The summed E-state index contributed by atoms with van der Waals surface area (Å²) in [6.07, 6.45) is 1.23. The van der Waals surface area contributed by atoms with Gasteiger partial charge in [0.05, 0.1) is 0 Å². The van der Waals surface area contributed by atoms with Crippen molar-refractivity contribution in [3.05, 3.63) is 35.9 Å². The fourth-order valence-corrected chi connectivity index (χ4v) is 3.06. The molecule has 1 unspecified atom stereocenters. The number of benzene rings is 1. The first kappa shape index (κ1) is 13.7. The van der Waals surface area contributed by atoms with Crippen molar-refractivity contribution >= 4 is 11.4 Å². The zero-order valence-electron chi connectivity index (χ0n) is 9.69. The quantitative estimate of drug-likeness (QED) is 0.777. The van der Waals surface area contributed by atoms with Gasteiger partial charge < -0.3 is 4.55 Å². The van der Waals surface area contributed by atoms with Crippen LogP contribution in [0.2, 0.25) is 0 Å². The SMILES string of the molecule is [O-][S+](N1CCC(c2ccccc2)CC1)C(F)(F)F. The van der Waals surface area contributed by atoms with Gasteiger partial charge in [-0.1, -0.05) is 30.3 Å². The van der Waals surface area contributed by atoms with Gasteiger partial charge in [0.25, 0.3) is 0 Å². The normalized spacial score (nSPS) is 20.9. The second kappa shape index (κ2) is 5.50. The first-order valence-corrected chi connectivity index (χ1v) is 6.88. The molecule has 1 saturated heterocycles. The fourth-order valence-electron chi connectivity index (χ4n) is 2.23. The van der Waals surface area contributed by atoms with E-state index in [2.05, 4.69) is 0 Å². The maximum atomic E-state index is 12.3. The zero-order chi connectivity index (χ0) is 13.2. The monoisotopic (exact) mass is 277 g/mol. The van der Waals surface area contributed by atoms with Crippen molar-refractivity contribution in [2.75, 3.05) is 13.1 Å². The number of hydrogen-bond acceptors (Lipinski definition) is 2. The molecule has 0 amide bonds. The van der Waals surface area contributed by atoms with Gasteiger partial charge in [-0.2, -0.15) is 0 Å². The molecule has 1 aliphatic rings. The van der Waals surface area contributed by atoms with Gasteiger partial charge in [0.15, 0.2) is 11.4 Å². The smallest absolute Gasteiger partial charge is 0.591 e. The number of nitrogens with zero attached hydrogens (tertiary/aromatic N) is 1. The van der Waals surface area contributed by atoms with Crippen LogP contribution < -0.4 is 0 Å². The van der Waals surface area contributed by atoms with Crippen molar-refractivity contribution in [3.63, 3.8) is 0 Å². The molecule has 1 atom stereocenters. The molecule has 6 heteroatoms. The Balaban J connectivity index is 1.93. The molecule has 0 radical (unpaired) electrons. The predicted molar refractivity (Wildman–Crippen MR) is 64.2 cm³/mol. The third kappa shape index (κ3) is 3.18. The van der Waals surface area contributed by atoms with Crippen molar-refractivity contribution in [2.24, 2.45) is 0 Å². The number of hydrogen-bond donors (Lipinski definition) is 0. The van der Waals surface area contributed by atoms with Gasteiger partial charge in [-0.15, -0.1) is 17.5 Å². The molecule has 0 saturated carbocycles. The molecule has 2 rings (SSSR count). The maximum Gasteiger partial charge on any atom is 0.593 e. The van der Waals surface area contributed by atoms with E-state index in [1.54, 1.807) is 0 Å². The molecule has 0 aliphatic carbocycles. The van der Waals surface area contributed by atoms with E-state index in [9.17, 15) is 17.7 Å². The molecule has 1 fully saturated rings. The van der Waals surface area contributed by atoms with Crippen molar-refractivity contribution in [1.29, 1.82) is 0 Å². The molecule has 1 heterocycles. The van der Waals surface area contributed by atoms with Crippen molar-refractivity contribution in [2.45, 2.75) is 24.3 Å². The summed E-state index contributed by atoms with van der Waals surface area (Å²) in [5.74, 6) is 0.271. The molecular weight excluding hydrogens is 263 g/mol. The molecule has 2 nitrogen and oxygen atoms in total. The average molecular weight is 277 g/mol. The number of alkyl halides is 3. The van der Waals surface area contributed by atoms with Crippen LogP contribution in [0.3, 0.4) is 0 Å². The van der Waals surface area contributed by atoms with Gasteiger partial charge in [-0.25, -0.2) is 0 Å². The average Bonchev–Trinajstić information content (AvgIpc) is 2.38. The lowest BCUT2D eigenvalue weighted by Gasteiger charge is -2.31. The van der Waals surface area contributed by atoms with Crippen LogP contribution in [0.5, 0.6) is 0 Å². The van der Waals surface area contributed by atoms with Crippen molar-refractivity contribution < 1.29 is 17.7 Å². The highest BCUT2D eigenvalue weighted by molar-refractivity contribution is 7.89. The number of rotatable bonds is 2. The van der Waals surface area contributed by atoms with Gasteiger partial charge in [0.2, 0.25) is 0 Å². The third-order valence-corrected chi connectivity index (χ3v) is 4.39. The Morgan fingerprint density at radius 1 is 1.11 bits per heavy atom. The second-order valence-corrected chi connectivity index (χ2v) is 5.79. The Labute approximate surface area is 107 Å². The Morgan fingerprint density at radius 2 is 1.67 bits per heavy atom. The Bertz CT molecular complexity index is 377. The summed E-state index contributed by atoms with van der Waals surface area (Å²) in [6.45, 7) is 0.456. The molecule has 1 aromatic carbocycles.